The van der Waals surface area contributed by atoms with E-state index in [2.05, 4.69) is 59.6 Å². The van der Waals surface area contributed by atoms with Crippen LogP contribution in [0.25, 0.3) is 0 Å². The van der Waals surface area contributed by atoms with Crippen molar-refractivity contribution in [1.82, 2.24) is 4.90 Å². The van der Waals surface area contributed by atoms with Crippen molar-refractivity contribution in [3.8, 4) is 23.0 Å². The number of carbonyl (C=O) groups is 1. The van der Waals surface area contributed by atoms with Crippen LogP contribution >= 0.6 is 0 Å². The number of benzene rings is 2. The average molecular weight is 820 g/mol. The van der Waals surface area contributed by atoms with E-state index in [9.17, 15) is 25.2 Å². The first-order chi connectivity index (χ1) is 28.1. The number of aromatic hydroxyl groups is 4. The van der Waals surface area contributed by atoms with Gasteiger partial charge in [0, 0.05) is 43.1 Å². The molecule has 4 N–H and O–H groups in total. The highest BCUT2D eigenvalue weighted by Crippen LogP contribution is 2.47. The Kier molecular flexibility index (Phi) is 23.6. The zero-order chi connectivity index (χ0) is 44.0. The Hall–Kier alpha value is -3.29. The number of hydrogen-bond acceptors (Lipinski definition) is 7. The predicted octanol–water partition coefficient (Wildman–Crippen LogP) is 13.7. The first-order valence-electron chi connectivity index (χ1n) is 23.2. The molecule has 1 heterocycles. The molecule has 3 aliphatic rings. The van der Waals surface area contributed by atoms with Crippen molar-refractivity contribution < 1.29 is 30.0 Å². The summed E-state index contributed by atoms with van der Waals surface area (Å²) in [5.41, 5.74) is 3.24. The Bertz CT molecular complexity index is 1490. The van der Waals surface area contributed by atoms with Crippen molar-refractivity contribution in [2.24, 2.45) is 0 Å². The zero-order valence-electron chi connectivity index (χ0n) is 38.7. The first-order valence-corrected chi connectivity index (χ1v) is 23.2. The number of rotatable bonds is 15. The molecule has 5 rings (SSSR count). The highest BCUT2D eigenvalue weighted by atomic mass is 16.5. The van der Waals surface area contributed by atoms with Crippen LogP contribution in [0.2, 0.25) is 0 Å². The van der Waals surface area contributed by atoms with Gasteiger partial charge in [0.1, 0.15) is 28.8 Å². The van der Waals surface area contributed by atoms with E-state index < -0.39 is 0 Å². The fourth-order valence-corrected chi connectivity index (χ4v) is 9.11. The van der Waals surface area contributed by atoms with Crippen molar-refractivity contribution in [3.05, 3.63) is 71.8 Å². The molecule has 1 aliphatic heterocycles. The molecule has 7 nitrogen and oxygen atoms in total. The lowest BCUT2D eigenvalue weighted by Gasteiger charge is -2.39. The van der Waals surface area contributed by atoms with Gasteiger partial charge in [-0.2, -0.15) is 0 Å². The second-order valence-electron chi connectivity index (χ2n) is 18.6. The van der Waals surface area contributed by atoms with Crippen LogP contribution in [-0.4, -0.2) is 63.5 Å². The first kappa shape index (κ1) is 51.8. The molecule has 0 radical (unpaired) electrons. The molecule has 2 aliphatic carbocycles. The smallest absolute Gasteiger partial charge is 0.133 e. The van der Waals surface area contributed by atoms with E-state index in [1.165, 1.54) is 51.4 Å². The molecular formula is C52H85NO6. The second kappa shape index (κ2) is 26.8. The van der Waals surface area contributed by atoms with E-state index in [-0.39, 0.29) is 51.4 Å². The van der Waals surface area contributed by atoms with Gasteiger partial charge in [-0.1, -0.05) is 111 Å². The molecule has 0 bridgehead atoms. The molecule has 3 unspecified atom stereocenters. The van der Waals surface area contributed by atoms with Crippen LogP contribution < -0.4 is 0 Å². The van der Waals surface area contributed by atoms with Crippen LogP contribution in [0.4, 0.5) is 0 Å². The Morgan fingerprint density at radius 1 is 0.678 bits per heavy atom. The SMILES string of the molecule is C=CC.C=CC.CCCCCCC(C)(C)c1cc(O)c(C2CCCC(=O)C2)c(O)c1.CCCCCCC(C)(C)c1cc(O)c(C2CCCC(N3CCOCC3)C2)c(O)c1. The van der Waals surface area contributed by atoms with Gasteiger partial charge < -0.3 is 25.2 Å². The number of unbranched alkanes of at least 4 members (excludes halogenated alkanes) is 6. The van der Waals surface area contributed by atoms with Crippen LogP contribution in [0, 0.1) is 0 Å². The number of nitrogens with zero attached hydrogens (tertiary/aromatic N) is 1. The molecular weight excluding hydrogens is 735 g/mol. The molecule has 7 heteroatoms. The number of hydrogen-bond donors (Lipinski definition) is 4. The maximum absolute atomic E-state index is 11.7. The number of ketones is 1. The molecule has 3 fully saturated rings. The van der Waals surface area contributed by atoms with Gasteiger partial charge >= 0.3 is 0 Å². The van der Waals surface area contributed by atoms with Gasteiger partial charge in [0.25, 0.3) is 0 Å². The monoisotopic (exact) mass is 820 g/mol. The maximum Gasteiger partial charge on any atom is 0.133 e. The van der Waals surface area contributed by atoms with Crippen molar-refractivity contribution >= 4 is 5.78 Å². The number of carbonyl (C=O) groups excluding carboxylic acids is 1. The normalized spacial score (nSPS) is 19.9. The molecule has 334 valence electrons. The fraction of sp³-hybridized carbons (Fsp3) is 0.673. The largest absolute Gasteiger partial charge is 0.508 e. The van der Waals surface area contributed by atoms with Gasteiger partial charge in [-0.05, 0) is 117 Å². The third-order valence-corrected chi connectivity index (χ3v) is 12.7. The summed E-state index contributed by atoms with van der Waals surface area (Å²) in [6, 6.07) is 7.98. The van der Waals surface area contributed by atoms with E-state index in [0.29, 0.717) is 24.4 Å². The molecule has 2 saturated carbocycles. The lowest BCUT2D eigenvalue weighted by molar-refractivity contribution is -0.120. The van der Waals surface area contributed by atoms with Crippen LogP contribution in [-0.2, 0) is 20.4 Å². The van der Waals surface area contributed by atoms with Crippen LogP contribution in [0.15, 0.2) is 49.6 Å². The molecule has 2 aromatic rings. The van der Waals surface area contributed by atoms with Gasteiger partial charge in [0.05, 0.1) is 13.2 Å². The summed E-state index contributed by atoms with van der Waals surface area (Å²) in [6.07, 6.45) is 22.6. The highest BCUT2D eigenvalue weighted by molar-refractivity contribution is 5.80. The summed E-state index contributed by atoms with van der Waals surface area (Å²) < 4.78 is 5.50. The van der Waals surface area contributed by atoms with Crippen LogP contribution in [0.1, 0.15) is 205 Å². The Morgan fingerprint density at radius 2 is 1.10 bits per heavy atom. The molecule has 3 atom stereocenters. The molecule has 59 heavy (non-hydrogen) atoms. The molecule has 1 saturated heterocycles. The van der Waals surface area contributed by atoms with E-state index in [1.54, 1.807) is 24.3 Å². The number of Topliss-reactive ketones (excluding diaryl/α,β-unsaturated/α-hetero) is 1. The zero-order valence-corrected chi connectivity index (χ0v) is 38.7. The van der Waals surface area contributed by atoms with Crippen molar-refractivity contribution in [2.75, 3.05) is 26.3 Å². The van der Waals surface area contributed by atoms with E-state index in [4.69, 9.17) is 4.74 Å². The quantitative estimate of drug-likeness (QED) is 0.105. The van der Waals surface area contributed by atoms with E-state index in [1.807, 2.05) is 26.0 Å². The van der Waals surface area contributed by atoms with Gasteiger partial charge in [0.15, 0.2) is 0 Å². The Morgan fingerprint density at radius 3 is 1.53 bits per heavy atom. The van der Waals surface area contributed by atoms with E-state index in [0.717, 1.165) is 94.4 Å². The minimum Gasteiger partial charge on any atom is -0.508 e. The lowest BCUT2D eigenvalue weighted by atomic mass is 9.76. The van der Waals surface area contributed by atoms with Crippen molar-refractivity contribution in [2.45, 2.75) is 200 Å². The summed E-state index contributed by atoms with van der Waals surface area (Å²) in [5, 5.41) is 42.8. The van der Waals surface area contributed by atoms with Gasteiger partial charge in [-0.15, -0.1) is 13.2 Å². The van der Waals surface area contributed by atoms with Gasteiger partial charge in [-0.3, -0.25) is 9.69 Å². The number of morpholine rings is 1. The fourth-order valence-electron chi connectivity index (χ4n) is 9.11. The summed E-state index contributed by atoms with van der Waals surface area (Å²) in [6.45, 7) is 27.4. The summed E-state index contributed by atoms with van der Waals surface area (Å²) in [7, 11) is 0. The van der Waals surface area contributed by atoms with Crippen molar-refractivity contribution in [3.63, 3.8) is 0 Å². The van der Waals surface area contributed by atoms with Crippen molar-refractivity contribution in [1.29, 1.82) is 0 Å². The minimum absolute atomic E-state index is 0.0376. The topological polar surface area (TPSA) is 110 Å². The summed E-state index contributed by atoms with van der Waals surface area (Å²) in [5.74, 6) is 1.28. The molecule has 0 amide bonds. The maximum atomic E-state index is 11.7. The highest BCUT2D eigenvalue weighted by Gasteiger charge is 2.33. The molecule has 0 aromatic heterocycles. The average Bonchev–Trinajstić information content (AvgIpc) is 3.19. The van der Waals surface area contributed by atoms with Crippen LogP contribution in [0.5, 0.6) is 23.0 Å². The lowest BCUT2D eigenvalue weighted by Crippen LogP contribution is -2.45. The summed E-state index contributed by atoms with van der Waals surface area (Å²) >= 11 is 0. The number of phenolic OH excluding ortho intramolecular Hbond substituents is 4. The Balaban J connectivity index is 0.000000364. The number of allylic oxidation sites excluding steroid dienone is 2. The third-order valence-electron chi connectivity index (χ3n) is 12.7. The summed E-state index contributed by atoms with van der Waals surface area (Å²) in [4.78, 5) is 14.2. The van der Waals surface area contributed by atoms with Gasteiger partial charge in [0.2, 0.25) is 0 Å². The van der Waals surface area contributed by atoms with E-state index >= 15 is 0 Å². The molecule has 0 spiro atoms. The van der Waals surface area contributed by atoms with Gasteiger partial charge in [-0.25, -0.2) is 0 Å². The van der Waals surface area contributed by atoms with Crippen LogP contribution in [0.3, 0.4) is 0 Å². The number of phenols is 4. The molecule has 2 aromatic carbocycles. The predicted molar refractivity (Wildman–Crippen MR) is 248 cm³/mol. The minimum atomic E-state index is -0.0797. The number of ether oxygens (including phenoxy) is 1. The standard InChI is InChI=1S/C25H41NO3.C21H32O3.2C3H6/c1-4-5-6-7-11-25(2,3)20-17-22(27)24(23(28)18-20)19-9-8-10-21(16-19)26-12-14-29-15-13-26;1-4-5-6-7-11-21(2,3)16-13-18(23)20(19(24)14-16)15-9-8-10-17(22)12-15;2*1-3-2/h17-19,21,27-28H,4-16H2,1-3H3;13-15,23-24H,4-12H2,1-3H3;2*3H,1H2,2H3. The second-order valence-corrected chi connectivity index (χ2v) is 18.6. The Labute approximate surface area is 360 Å². The third kappa shape index (κ3) is 16.9.